The van der Waals surface area contributed by atoms with Gasteiger partial charge in [0.25, 0.3) is 0 Å². The Kier molecular flexibility index (Phi) is 3.57. The fourth-order valence-electron chi connectivity index (χ4n) is 2.12. The van der Waals surface area contributed by atoms with Gasteiger partial charge in [-0.1, -0.05) is 18.2 Å². The lowest BCUT2D eigenvalue weighted by atomic mass is 9.94. The third-order valence-electron chi connectivity index (χ3n) is 2.88. The summed E-state index contributed by atoms with van der Waals surface area (Å²) in [6.45, 7) is 4.17. The second kappa shape index (κ2) is 5.12. The van der Waals surface area contributed by atoms with Crippen molar-refractivity contribution in [3.8, 4) is 0 Å². The SMILES string of the molecule is CCOC(=O)Cc1cccc2c1CNCC2. The highest BCUT2D eigenvalue weighted by Crippen LogP contribution is 2.19. The molecular formula is C13H17NO2. The van der Waals surface area contributed by atoms with Gasteiger partial charge in [-0.15, -0.1) is 0 Å². The van der Waals surface area contributed by atoms with E-state index < -0.39 is 0 Å². The van der Waals surface area contributed by atoms with Gasteiger partial charge >= 0.3 is 5.97 Å². The zero-order valence-corrected chi connectivity index (χ0v) is 9.58. The van der Waals surface area contributed by atoms with E-state index >= 15 is 0 Å². The Balaban J connectivity index is 2.17. The summed E-state index contributed by atoms with van der Waals surface area (Å²) >= 11 is 0. The lowest BCUT2D eigenvalue weighted by molar-refractivity contribution is -0.142. The molecule has 86 valence electrons. The number of carbonyl (C=O) groups excluding carboxylic acids is 1. The molecule has 1 aliphatic rings. The molecule has 0 aromatic heterocycles. The molecule has 0 radical (unpaired) electrons. The molecule has 3 nitrogen and oxygen atoms in total. The quantitative estimate of drug-likeness (QED) is 0.782. The number of esters is 1. The van der Waals surface area contributed by atoms with Crippen molar-refractivity contribution in [3.05, 3.63) is 34.9 Å². The fraction of sp³-hybridized carbons (Fsp3) is 0.462. The Bertz CT molecular complexity index is 388. The van der Waals surface area contributed by atoms with Gasteiger partial charge < -0.3 is 10.1 Å². The summed E-state index contributed by atoms with van der Waals surface area (Å²) in [6.07, 6.45) is 1.44. The van der Waals surface area contributed by atoms with Crippen molar-refractivity contribution in [2.24, 2.45) is 0 Å². The van der Waals surface area contributed by atoms with Crippen molar-refractivity contribution in [1.29, 1.82) is 0 Å². The Hall–Kier alpha value is -1.35. The molecule has 1 N–H and O–H groups in total. The second-order valence-electron chi connectivity index (χ2n) is 3.96. The van der Waals surface area contributed by atoms with Crippen LogP contribution in [0.15, 0.2) is 18.2 Å². The van der Waals surface area contributed by atoms with E-state index in [9.17, 15) is 4.79 Å². The summed E-state index contributed by atoms with van der Waals surface area (Å²) in [5, 5.41) is 3.33. The van der Waals surface area contributed by atoms with Crippen LogP contribution in [0.4, 0.5) is 0 Å². The van der Waals surface area contributed by atoms with E-state index in [0.717, 1.165) is 25.1 Å². The Morgan fingerprint density at radius 1 is 1.50 bits per heavy atom. The van der Waals surface area contributed by atoms with Gasteiger partial charge in [0, 0.05) is 6.54 Å². The van der Waals surface area contributed by atoms with Crippen molar-refractivity contribution in [3.63, 3.8) is 0 Å². The van der Waals surface area contributed by atoms with E-state index in [2.05, 4.69) is 11.4 Å². The van der Waals surface area contributed by atoms with E-state index in [1.807, 2.05) is 19.1 Å². The second-order valence-corrected chi connectivity index (χ2v) is 3.96. The minimum Gasteiger partial charge on any atom is -0.466 e. The average molecular weight is 219 g/mol. The first-order chi connectivity index (χ1) is 7.81. The maximum absolute atomic E-state index is 11.5. The van der Waals surface area contributed by atoms with E-state index in [1.165, 1.54) is 11.1 Å². The van der Waals surface area contributed by atoms with Crippen LogP contribution in [-0.2, 0) is 28.9 Å². The van der Waals surface area contributed by atoms with Gasteiger partial charge in [-0.25, -0.2) is 0 Å². The van der Waals surface area contributed by atoms with Gasteiger partial charge in [-0.05, 0) is 36.6 Å². The van der Waals surface area contributed by atoms with Crippen LogP contribution in [0.3, 0.4) is 0 Å². The maximum atomic E-state index is 11.5. The summed E-state index contributed by atoms with van der Waals surface area (Å²) in [5.41, 5.74) is 3.74. The first kappa shape index (κ1) is 11.1. The zero-order valence-electron chi connectivity index (χ0n) is 9.58. The molecule has 0 spiro atoms. The Morgan fingerprint density at radius 2 is 2.38 bits per heavy atom. The molecule has 16 heavy (non-hydrogen) atoms. The van der Waals surface area contributed by atoms with Crippen molar-refractivity contribution < 1.29 is 9.53 Å². The molecule has 3 heteroatoms. The summed E-state index contributed by atoms with van der Waals surface area (Å²) in [4.78, 5) is 11.5. The molecule has 0 saturated carbocycles. The first-order valence-corrected chi connectivity index (χ1v) is 5.77. The van der Waals surface area contributed by atoms with Gasteiger partial charge in [0.05, 0.1) is 13.0 Å². The lowest BCUT2D eigenvalue weighted by Crippen LogP contribution is -2.25. The highest BCUT2D eigenvalue weighted by Gasteiger charge is 2.14. The number of carbonyl (C=O) groups is 1. The van der Waals surface area contributed by atoms with Crippen molar-refractivity contribution >= 4 is 5.97 Å². The molecule has 0 bridgehead atoms. The van der Waals surface area contributed by atoms with Gasteiger partial charge in [0.2, 0.25) is 0 Å². The molecule has 1 aromatic rings. The Morgan fingerprint density at radius 3 is 3.19 bits per heavy atom. The third kappa shape index (κ3) is 2.42. The van der Waals surface area contributed by atoms with E-state index in [4.69, 9.17) is 4.74 Å². The van der Waals surface area contributed by atoms with Crippen molar-refractivity contribution in [2.75, 3.05) is 13.2 Å². The van der Waals surface area contributed by atoms with Gasteiger partial charge in [0.15, 0.2) is 0 Å². The highest BCUT2D eigenvalue weighted by molar-refractivity contribution is 5.73. The first-order valence-electron chi connectivity index (χ1n) is 5.77. The van der Waals surface area contributed by atoms with E-state index in [1.54, 1.807) is 0 Å². The molecule has 0 fully saturated rings. The van der Waals surface area contributed by atoms with Crippen LogP contribution in [0.5, 0.6) is 0 Å². The number of rotatable bonds is 3. The van der Waals surface area contributed by atoms with Crippen LogP contribution in [-0.4, -0.2) is 19.1 Å². The van der Waals surface area contributed by atoms with Crippen LogP contribution < -0.4 is 5.32 Å². The van der Waals surface area contributed by atoms with Crippen LogP contribution in [0.2, 0.25) is 0 Å². The fourth-order valence-corrected chi connectivity index (χ4v) is 2.12. The minimum absolute atomic E-state index is 0.138. The predicted octanol–water partition coefficient (Wildman–Crippen LogP) is 1.44. The topological polar surface area (TPSA) is 38.3 Å². The molecule has 1 aliphatic heterocycles. The number of fused-ring (bicyclic) bond motifs is 1. The minimum atomic E-state index is -0.138. The monoisotopic (exact) mass is 219 g/mol. The molecule has 1 aromatic carbocycles. The molecule has 0 unspecified atom stereocenters. The molecule has 0 amide bonds. The number of benzene rings is 1. The Labute approximate surface area is 95.8 Å². The standard InChI is InChI=1S/C13H17NO2/c1-2-16-13(15)8-11-5-3-4-10-6-7-14-9-12(10)11/h3-5,14H,2,6-9H2,1H3. The summed E-state index contributed by atoms with van der Waals surface area (Å²) in [6, 6.07) is 6.19. The van der Waals surface area contributed by atoms with Gasteiger partial charge in [-0.2, -0.15) is 0 Å². The maximum Gasteiger partial charge on any atom is 0.310 e. The average Bonchev–Trinajstić information content (AvgIpc) is 2.30. The van der Waals surface area contributed by atoms with Gasteiger partial charge in [0.1, 0.15) is 0 Å². The largest absolute Gasteiger partial charge is 0.466 e. The lowest BCUT2D eigenvalue weighted by Gasteiger charge is -2.20. The van der Waals surface area contributed by atoms with Crippen LogP contribution in [0.25, 0.3) is 0 Å². The van der Waals surface area contributed by atoms with Crippen molar-refractivity contribution in [2.45, 2.75) is 26.3 Å². The molecule has 2 rings (SSSR count). The molecule has 1 heterocycles. The van der Waals surface area contributed by atoms with Crippen molar-refractivity contribution in [1.82, 2.24) is 5.32 Å². The smallest absolute Gasteiger partial charge is 0.310 e. The van der Waals surface area contributed by atoms with Gasteiger partial charge in [-0.3, -0.25) is 4.79 Å². The zero-order chi connectivity index (χ0) is 11.4. The number of hydrogen-bond donors (Lipinski definition) is 1. The number of nitrogens with one attached hydrogen (secondary N) is 1. The van der Waals surface area contributed by atoms with E-state index in [0.29, 0.717) is 13.0 Å². The molecule has 0 atom stereocenters. The normalized spacial score (nSPS) is 14.3. The summed E-state index contributed by atoms with van der Waals surface area (Å²) in [7, 11) is 0. The van der Waals surface area contributed by atoms with Crippen LogP contribution in [0.1, 0.15) is 23.6 Å². The summed E-state index contributed by atoms with van der Waals surface area (Å²) in [5.74, 6) is -0.138. The van der Waals surface area contributed by atoms with Crippen LogP contribution in [0, 0.1) is 0 Å². The highest BCUT2D eigenvalue weighted by atomic mass is 16.5. The number of ether oxygens (including phenoxy) is 1. The van der Waals surface area contributed by atoms with Crippen LogP contribution >= 0.6 is 0 Å². The summed E-state index contributed by atoms with van der Waals surface area (Å²) < 4.78 is 4.98. The number of hydrogen-bond acceptors (Lipinski definition) is 3. The van der Waals surface area contributed by atoms with E-state index in [-0.39, 0.29) is 5.97 Å². The molecular weight excluding hydrogens is 202 g/mol. The predicted molar refractivity (Wildman–Crippen MR) is 62.2 cm³/mol. The molecule has 0 saturated heterocycles. The third-order valence-corrected chi connectivity index (χ3v) is 2.88. The molecule has 0 aliphatic carbocycles.